The zero-order valence-electron chi connectivity index (χ0n) is 22.8. The van der Waals surface area contributed by atoms with Crippen molar-refractivity contribution >= 4 is 17.6 Å². The molecule has 3 aromatic rings. The van der Waals surface area contributed by atoms with E-state index >= 15 is 0 Å². The minimum absolute atomic E-state index is 0.0179. The maximum atomic E-state index is 13.7. The number of hydrogen-bond donors (Lipinski definition) is 2. The maximum absolute atomic E-state index is 13.7. The number of carboxylic acids is 1. The number of carboxylic acid groups (broad SMARTS) is 1. The van der Waals surface area contributed by atoms with Crippen molar-refractivity contribution in [1.29, 1.82) is 0 Å². The Morgan fingerprint density at radius 1 is 0.923 bits per heavy atom. The first-order valence-electron chi connectivity index (χ1n) is 13.9. The van der Waals surface area contributed by atoms with E-state index in [1.807, 2.05) is 31.2 Å². The van der Waals surface area contributed by atoms with Gasteiger partial charge in [0.25, 0.3) is 0 Å². The zero-order valence-corrected chi connectivity index (χ0v) is 22.8. The quantitative estimate of drug-likeness (QED) is 0.291. The van der Waals surface area contributed by atoms with Crippen LogP contribution in [-0.4, -0.2) is 22.1 Å². The summed E-state index contributed by atoms with van der Waals surface area (Å²) in [5.74, 6) is 5.04. The van der Waals surface area contributed by atoms with Crippen molar-refractivity contribution in [2.75, 3.05) is 4.90 Å². The maximum Gasteiger partial charge on any atom is 0.339 e. The summed E-state index contributed by atoms with van der Waals surface area (Å²) in [6.45, 7) is 4.49. The van der Waals surface area contributed by atoms with Gasteiger partial charge in [-0.2, -0.15) is 0 Å². The van der Waals surface area contributed by atoms with Gasteiger partial charge in [0.05, 0.1) is 6.54 Å². The molecule has 0 aromatic heterocycles. The van der Waals surface area contributed by atoms with Gasteiger partial charge >= 0.3 is 5.97 Å². The van der Waals surface area contributed by atoms with Crippen LogP contribution in [0.25, 0.3) is 0 Å². The van der Waals surface area contributed by atoms with E-state index in [0.29, 0.717) is 18.2 Å². The lowest BCUT2D eigenvalue weighted by molar-refractivity contribution is -0.123. The molecule has 5 nitrogen and oxygen atoms in total. The van der Waals surface area contributed by atoms with E-state index in [1.54, 1.807) is 11.0 Å². The molecule has 5 heteroatoms. The fraction of sp³-hybridized carbons (Fsp3) is 0.353. The predicted octanol–water partition coefficient (Wildman–Crippen LogP) is 7.19. The topological polar surface area (TPSA) is 77.8 Å². The van der Waals surface area contributed by atoms with Crippen LogP contribution in [0.4, 0.5) is 5.69 Å². The Labute approximate surface area is 231 Å². The number of aromatic hydroxyl groups is 1. The van der Waals surface area contributed by atoms with Crippen molar-refractivity contribution in [1.82, 2.24) is 0 Å². The Bertz CT molecular complexity index is 1340. The molecule has 0 heterocycles. The van der Waals surface area contributed by atoms with E-state index in [9.17, 15) is 19.8 Å². The van der Waals surface area contributed by atoms with Gasteiger partial charge in [-0.15, -0.1) is 0 Å². The number of nitrogens with zero attached hydrogens (tertiary/aromatic N) is 1. The van der Waals surface area contributed by atoms with Gasteiger partial charge < -0.3 is 15.1 Å². The van der Waals surface area contributed by atoms with Crippen molar-refractivity contribution in [2.24, 2.45) is 11.8 Å². The molecule has 1 aliphatic carbocycles. The number of phenols is 1. The first-order chi connectivity index (χ1) is 18.9. The molecule has 39 heavy (non-hydrogen) atoms. The van der Waals surface area contributed by atoms with Crippen LogP contribution in [0.1, 0.15) is 85.0 Å². The van der Waals surface area contributed by atoms with Crippen molar-refractivity contribution in [3.05, 3.63) is 94.5 Å². The fourth-order valence-electron chi connectivity index (χ4n) is 5.23. The molecule has 1 unspecified atom stereocenters. The number of benzene rings is 3. The first kappa shape index (κ1) is 28.0. The highest BCUT2D eigenvalue weighted by atomic mass is 16.4. The molecule has 0 saturated heterocycles. The number of carbonyl (C=O) groups is 2. The lowest BCUT2D eigenvalue weighted by Gasteiger charge is -2.29. The Morgan fingerprint density at radius 3 is 2.05 bits per heavy atom. The monoisotopic (exact) mass is 523 g/mol. The second-order valence-electron chi connectivity index (χ2n) is 10.5. The molecule has 4 rings (SSSR count). The van der Waals surface area contributed by atoms with Crippen LogP contribution in [0.3, 0.4) is 0 Å². The SMILES string of the molecule is CCCCc1ccc(C#Cc2ccc(CN(C(=O)C(C)C3CCCC3)c3ccc(C(=O)O)c(O)c3)cc2)cc1. The second-order valence-corrected chi connectivity index (χ2v) is 10.5. The number of anilines is 1. The largest absolute Gasteiger partial charge is 0.507 e. The molecule has 3 aromatic carbocycles. The van der Waals surface area contributed by atoms with Crippen molar-refractivity contribution in [3.8, 4) is 17.6 Å². The molecule has 0 aliphatic heterocycles. The van der Waals surface area contributed by atoms with Gasteiger partial charge in [0, 0.05) is 28.8 Å². The third-order valence-corrected chi connectivity index (χ3v) is 7.70. The summed E-state index contributed by atoms with van der Waals surface area (Å²) >= 11 is 0. The molecule has 2 N–H and O–H groups in total. The molecule has 1 fully saturated rings. The molecule has 202 valence electrons. The summed E-state index contributed by atoms with van der Waals surface area (Å²) in [4.78, 5) is 26.7. The number of carbonyl (C=O) groups excluding carboxylic acids is 1. The average Bonchev–Trinajstić information content (AvgIpc) is 3.49. The summed E-state index contributed by atoms with van der Waals surface area (Å²) in [5, 5.41) is 19.6. The molecule has 1 atom stereocenters. The summed E-state index contributed by atoms with van der Waals surface area (Å²) in [5.41, 5.74) is 4.41. The highest BCUT2D eigenvalue weighted by Gasteiger charge is 2.31. The second kappa shape index (κ2) is 13.2. The van der Waals surface area contributed by atoms with E-state index in [1.165, 1.54) is 30.5 Å². The van der Waals surface area contributed by atoms with E-state index in [2.05, 4.69) is 43.0 Å². The zero-order chi connectivity index (χ0) is 27.8. The van der Waals surface area contributed by atoms with E-state index < -0.39 is 5.97 Å². The number of rotatable bonds is 9. The Kier molecular flexibility index (Phi) is 9.44. The Balaban J connectivity index is 1.52. The number of aromatic carboxylic acids is 1. The highest BCUT2D eigenvalue weighted by molar-refractivity contribution is 5.97. The summed E-state index contributed by atoms with van der Waals surface area (Å²) < 4.78 is 0. The fourth-order valence-corrected chi connectivity index (χ4v) is 5.23. The lowest BCUT2D eigenvalue weighted by atomic mass is 9.91. The van der Waals surface area contributed by atoms with Crippen molar-refractivity contribution < 1.29 is 19.8 Å². The smallest absolute Gasteiger partial charge is 0.339 e. The van der Waals surface area contributed by atoms with Gasteiger partial charge in [-0.05, 0) is 79.1 Å². The number of aryl methyl sites for hydroxylation is 1. The van der Waals surface area contributed by atoms with E-state index in [-0.39, 0.29) is 23.1 Å². The van der Waals surface area contributed by atoms with E-state index in [4.69, 9.17) is 0 Å². The third-order valence-electron chi connectivity index (χ3n) is 7.70. The minimum Gasteiger partial charge on any atom is -0.507 e. The highest BCUT2D eigenvalue weighted by Crippen LogP contribution is 2.34. The van der Waals surface area contributed by atoms with Gasteiger partial charge in [-0.25, -0.2) is 4.79 Å². The summed E-state index contributed by atoms with van der Waals surface area (Å²) in [6.07, 6.45) is 7.83. The number of hydrogen-bond acceptors (Lipinski definition) is 3. The molecule has 1 amide bonds. The standard InChI is InChI=1S/C34H37NO4/c1-3-4-7-25-10-12-26(13-11-25)14-15-27-16-18-28(19-17-27)23-35(33(37)24(2)29-8-5-6-9-29)30-20-21-31(34(38)39)32(36)22-30/h10-13,16-22,24,29,36H,3-9,23H2,1-2H3,(H,38,39). The van der Waals surface area contributed by atoms with Crippen LogP contribution in [0.2, 0.25) is 0 Å². The van der Waals surface area contributed by atoms with Crippen molar-refractivity contribution in [2.45, 2.75) is 65.3 Å². The van der Waals surface area contributed by atoms with E-state index in [0.717, 1.165) is 48.8 Å². The average molecular weight is 524 g/mol. The molecule has 0 radical (unpaired) electrons. The van der Waals surface area contributed by atoms with Gasteiger partial charge in [0.1, 0.15) is 11.3 Å². The molecule has 1 saturated carbocycles. The third kappa shape index (κ3) is 7.29. The molecule has 0 spiro atoms. The summed E-state index contributed by atoms with van der Waals surface area (Å²) in [6, 6.07) is 20.5. The van der Waals surface area contributed by atoms with Crippen LogP contribution in [0, 0.1) is 23.7 Å². The lowest BCUT2D eigenvalue weighted by Crippen LogP contribution is -2.37. The van der Waals surface area contributed by atoms with Crippen LogP contribution >= 0.6 is 0 Å². The van der Waals surface area contributed by atoms with Crippen LogP contribution < -0.4 is 4.90 Å². The van der Waals surface area contributed by atoms with Gasteiger partial charge in [-0.1, -0.05) is 69.2 Å². The van der Waals surface area contributed by atoms with Crippen molar-refractivity contribution in [3.63, 3.8) is 0 Å². The van der Waals surface area contributed by atoms with Gasteiger partial charge in [0.15, 0.2) is 0 Å². The van der Waals surface area contributed by atoms with Crippen LogP contribution in [0.15, 0.2) is 66.7 Å². The molecular formula is C34H37NO4. The Morgan fingerprint density at radius 2 is 1.51 bits per heavy atom. The van der Waals surface area contributed by atoms with Crippen LogP contribution in [0.5, 0.6) is 5.75 Å². The van der Waals surface area contributed by atoms with Gasteiger partial charge in [-0.3, -0.25) is 4.79 Å². The normalized spacial score (nSPS) is 13.9. The first-order valence-corrected chi connectivity index (χ1v) is 13.9. The molecular weight excluding hydrogens is 486 g/mol. The minimum atomic E-state index is -1.21. The van der Waals surface area contributed by atoms with Gasteiger partial charge in [0.2, 0.25) is 5.91 Å². The summed E-state index contributed by atoms with van der Waals surface area (Å²) in [7, 11) is 0. The Hall–Kier alpha value is -4.04. The molecule has 1 aliphatic rings. The van der Waals surface area contributed by atoms with Crippen LogP contribution in [-0.2, 0) is 17.8 Å². The number of amides is 1. The predicted molar refractivity (Wildman–Crippen MR) is 155 cm³/mol. The number of unbranched alkanes of at least 4 members (excludes halogenated alkanes) is 1. The molecule has 0 bridgehead atoms.